The number of carbonyl (C=O) groups excluding carboxylic acids is 2. The van der Waals surface area contributed by atoms with Crippen molar-refractivity contribution in [1.29, 1.82) is 0 Å². The number of carbonyl (C=O) groups is 2. The van der Waals surface area contributed by atoms with Gasteiger partial charge < -0.3 is 19.7 Å². The summed E-state index contributed by atoms with van der Waals surface area (Å²) in [6.45, 7) is 4.18. The number of hydrogen-bond acceptors (Lipinski definition) is 6. The highest BCUT2D eigenvalue weighted by atomic mass is 32.2. The summed E-state index contributed by atoms with van der Waals surface area (Å²) >= 11 is 0. The fourth-order valence-electron chi connectivity index (χ4n) is 4.64. The van der Waals surface area contributed by atoms with Crippen LogP contribution in [0.15, 0.2) is 77.7 Å². The van der Waals surface area contributed by atoms with E-state index in [0.717, 1.165) is 22.0 Å². The molecule has 0 aliphatic carbocycles. The van der Waals surface area contributed by atoms with E-state index >= 15 is 0 Å². The van der Waals surface area contributed by atoms with Crippen LogP contribution in [0, 0.1) is 5.82 Å². The summed E-state index contributed by atoms with van der Waals surface area (Å²) in [4.78, 5) is 28.2. The molecule has 0 spiro atoms. The zero-order chi connectivity index (χ0) is 29.4. The molecule has 1 N–H and O–H groups in total. The van der Waals surface area contributed by atoms with E-state index in [1.165, 1.54) is 35.2 Å². The Morgan fingerprint density at radius 3 is 2.29 bits per heavy atom. The number of benzene rings is 3. The molecule has 3 aromatic rings. The average Bonchev–Trinajstić information content (AvgIpc) is 2.98. The number of likely N-dealkylation sites (N-methyl/N-ethyl adjacent to an activating group) is 1. The predicted octanol–water partition coefficient (Wildman–Crippen LogP) is 3.78. The van der Waals surface area contributed by atoms with Crippen molar-refractivity contribution in [2.24, 2.45) is 0 Å². The molecule has 1 aliphatic heterocycles. The molecule has 0 unspecified atom stereocenters. The first kappa shape index (κ1) is 29.9. The topological polar surface area (TPSA) is 105 Å². The maximum atomic E-state index is 14.0. The number of sulfonamides is 1. The smallest absolute Gasteiger partial charge is 0.264 e. The van der Waals surface area contributed by atoms with E-state index in [1.54, 1.807) is 13.8 Å². The van der Waals surface area contributed by atoms with E-state index in [-0.39, 0.29) is 35.4 Å². The maximum absolute atomic E-state index is 14.0. The van der Waals surface area contributed by atoms with Crippen molar-refractivity contribution < 1.29 is 31.9 Å². The van der Waals surface area contributed by atoms with Gasteiger partial charge in [-0.2, -0.15) is 0 Å². The van der Waals surface area contributed by atoms with Crippen LogP contribution in [0.2, 0.25) is 0 Å². The van der Waals surface area contributed by atoms with Gasteiger partial charge in [0.05, 0.1) is 10.6 Å². The average molecular weight is 584 g/mol. The van der Waals surface area contributed by atoms with Gasteiger partial charge in [-0.25, -0.2) is 12.8 Å². The molecule has 218 valence electrons. The van der Waals surface area contributed by atoms with E-state index in [9.17, 15) is 22.4 Å². The molecule has 0 saturated carbocycles. The number of amides is 2. The van der Waals surface area contributed by atoms with Gasteiger partial charge in [0.1, 0.15) is 31.6 Å². The van der Waals surface area contributed by atoms with Crippen molar-refractivity contribution in [1.82, 2.24) is 10.2 Å². The Morgan fingerprint density at radius 1 is 0.951 bits per heavy atom. The van der Waals surface area contributed by atoms with Gasteiger partial charge in [0.25, 0.3) is 10.0 Å². The molecular weight excluding hydrogens is 549 g/mol. The predicted molar refractivity (Wildman–Crippen MR) is 153 cm³/mol. The summed E-state index contributed by atoms with van der Waals surface area (Å²) in [6, 6.07) is 17.8. The lowest BCUT2D eigenvalue weighted by Crippen LogP contribution is -2.53. The third-order valence-electron chi connectivity index (χ3n) is 6.72. The maximum Gasteiger partial charge on any atom is 0.264 e. The van der Waals surface area contributed by atoms with Crippen LogP contribution >= 0.6 is 0 Å². The SMILES string of the molecule is CCNC(=O)[C@@H](CC)N(CCc1ccccc1)C(=O)CN(c1ccc(F)cc1)S(=O)(=O)c1ccc2c(c1)OCCO2. The Kier molecular flexibility index (Phi) is 9.82. The summed E-state index contributed by atoms with van der Waals surface area (Å²) in [5, 5.41) is 2.77. The van der Waals surface area contributed by atoms with Crippen LogP contribution in [0.4, 0.5) is 10.1 Å². The van der Waals surface area contributed by atoms with E-state index in [0.29, 0.717) is 31.7 Å². The fraction of sp³-hybridized carbons (Fsp3) is 0.333. The molecule has 0 radical (unpaired) electrons. The van der Waals surface area contributed by atoms with Crippen LogP contribution in [0.5, 0.6) is 11.5 Å². The van der Waals surface area contributed by atoms with Crippen LogP contribution in [0.3, 0.4) is 0 Å². The molecular formula is C30H34FN3O6S. The molecule has 0 aromatic heterocycles. The molecule has 0 fully saturated rings. The number of nitrogens with one attached hydrogen (secondary N) is 1. The summed E-state index contributed by atoms with van der Waals surface area (Å²) in [7, 11) is -4.33. The van der Waals surface area contributed by atoms with E-state index in [4.69, 9.17) is 9.47 Å². The van der Waals surface area contributed by atoms with Gasteiger partial charge in [-0.15, -0.1) is 0 Å². The number of anilines is 1. The van der Waals surface area contributed by atoms with Crippen LogP contribution in [-0.2, 0) is 26.0 Å². The highest BCUT2D eigenvalue weighted by molar-refractivity contribution is 7.92. The standard InChI is InChI=1S/C30H34FN3O6S/c1-3-26(30(36)32-4-2)33(17-16-22-8-6-5-7-9-22)29(35)21-34(24-12-10-23(31)11-13-24)41(37,38)25-14-15-27-28(20-25)40-19-18-39-27/h5-15,20,26H,3-4,16-19,21H2,1-2H3,(H,32,36)/t26-/m1/s1. The fourth-order valence-corrected chi connectivity index (χ4v) is 6.07. The zero-order valence-electron chi connectivity index (χ0n) is 23.1. The number of nitrogens with zero attached hydrogens (tertiary/aromatic N) is 2. The monoisotopic (exact) mass is 583 g/mol. The van der Waals surface area contributed by atoms with E-state index in [1.807, 2.05) is 30.3 Å². The van der Waals surface area contributed by atoms with Crippen LogP contribution < -0.4 is 19.1 Å². The molecule has 11 heteroatoms. The second kappa shape index (κ2) is 13.5. The molecule has 41 heavy (non-hydrogen) atoms. The van der Waals surface area contributed by atoms with Gasteiger partial charge in [0.2, 0.25) is 11.8 Å². The lowest BCUT2D eigenvalue weighted by Gasteiger charge is -2.33. The third kappa shape index (κ3) is 7.15. The van der Waals surface area contributed by atoms with Crippen molar-refractivity contribution in [2.75, 3.05) is 37.2 Å². The molecule has 1 atom stereocenters. The van der Waals surface area contributed by atoms with Crippen LogP contribution in [0.1, 0.15) is 25.8 Å². The summed E-state index contributed by atoms with van der Waals surface area (Å²) in [5.74, 6) is -0.749. The van der Waals surface area contributed by atoms with Gasteiger partial charge in [-0.3, -0.25) is 13.9 Å². The van der Waals surface area contributed by atoms with Gasteiger partial charge >= 0.3 is 0 Å². The summed E-state index contributed by atoms with van der Waals surface area (Å²) in [5.41, 5.74) is 1.07. The molecule has 1 heterocycles. The molecule has 1 aliphatic rings. The highest BCUT2D eigenvalue weighted by Gasteiger charge is 2.34. The minimum absolute atomic E-state index is 0.101. The van der Waals surface area contributed by atoms with Gasteiger partial charge in [0, 0.05) is 19.2 Å². The molecule has 0 saturated heterocycles. The Bertz CT molecular complexity index is 1450. The molecule has 2 amide bonds. The third-order valence-corrected chi connectivity index (χ3v) is 8.49. The van der Waals surface area contributed by atoms with Crippen LogP contribution in [0.25, 0.3) is 0 Å². The normalized spacial score (nSPS) is 13.2. The van der Waals surface area contributed by atoms with E-state index in [2.05, 4.69) is 5.32 Å². The van der Waals surface area contributed by atoms with Crippen molar-refractivity contribution in [3.05, 3.63) is 84.2 Å². The molecule has 9 nitrogen and oxygen atoms in total. The van der Waals surface area contributed by atoms with Crippen molar-refractivity contribution in [3.8, 4) is 11.5 Å². The Morgan fingerprint density at radius 2 is 1.63 bits per heavy atom. The lowest BCUT2D eigenvalue weighted by molar-refractivity contribution is -0.139. The first-order chi connectivity index (χ1) is 19.7. The van der Waals surface area contributed by atoms with Crippen molar-refractivity contribution >= 4 is 27.5 Å². The molecule has 3 aromatic carbocycles. The first-order valence-electron chi connectivity index (χ1n) is 13.5. The lowest BCUT2D eigenvalue weighted by atomic mass is 10.1. The van der Waals surface area contributed by atoms with Crippen molar-refractivity contribution in [2.45, 2.75) is 37.6 Å². The summed E-state index contributed by atoms with van der Waals surface area (Å²) < 4.78 is 53.8. The first-order valence-corrected chi connectivity index (χ1v) is 15.0. The number of ether oxygens (including phenoxy) is 2. The second-order valence-electron chi connectivity index (χ2n) is 9.43. The number of halogens is 1. The molecule has 4 rings (SSSR count). The van der Waals surface area contributed by atoms with E-state index < -0.39 is 34.3 Å². The largest absolute Gasteiger partial charge is 0.486 e. The Labute approximate surface area is 239 Å². The van der Waals surface area contributed by atoms with Gasteiger partial charge in [-0.1, -0.05) is 37.3 Å². The zero-order valence-corrected chi connectivity index (χ0v) is 23.9. The van der Waals surface area contributed by atoms with Crippen LogP contribution in [-0.4, -0.2) is 64.0 Å². The minimum Gasteiger partial charge on any atom is -0.486 e. The minimum atomic E-state index is -4.33. The quantitative estimate of drug-likeness (QED) is 0.348. The van der Waals surface area contributed by atoms with Gasteiger partial charge in [0.15, 0.2) is 11.5 Å². The molecule has 0 bridgehead atoms. The number of rotatable bonds is 12. The summed E-state index contributed by atoms with van der Waals surface area (Å²) in [6.07, 6.45) is 0.797. The number of fused-ring (bicyclic) bond motifs is 1. The Hall–Kier alpha value is -4.12. The number of hydrogen-bond donors (Lipinski definition) is 1. The van der Waals surface area contributed by atoms with Gasteiger partial charge in [-0.05, 0) is 61.7 Å². The Balaban J connectivity index is 1.70. The second-order valence-corrected chi connectivity index (χ2v) is 11.3. The van der Waals surface area contributed by atoms with Crippen molar-refractivity contribution in [3.63, 3.8) is 0 Å². The highest BCUT2D eigenvalue weighted by Crippen LogP contribution is 2.34.